The van der Waals surface area contributed by atoms with Gasteiger partial charge in [-0.05, 0) is 12.8 Å². The number of halogens is 6. The smallest absolute Gasteiger partial charge is 0.475 e. The molecule has 1 saturated carbocycles. The number of carboxylic acid groups (broad SMARTS) is 2. The molecule has 0 aromatic heterocycles. The molecule has 6 N–H and O–H groups in total. The Kier molecular flexibility index (Phi) is 9.76. The maximum absolute atomic E-state index is 10.6. The van der Waals surface area contributed by atoms with E-state index in [0.717, 1.165) is 12.8 Å². The van der Waals surface area contributed by atoms with Gasteiger partial charge in [-0.25, -0.2) is 9.59 Å². The average molecular weight is 342 g/mol. The number of carboxylic acids is 2. The molecule has 0 bridgehead atoms. The fraction of sp³-hybridized carbons (Fsp3) is 0.800. The summed E-state index contributed by atoms with van der Waals surface area (Å²) in [7, 11) is 0. The van der Waals surface area contributed by atoms with Crippen LogP contribution >= 0.6 is 0 Å². The van der Waals surface area contributed by atoms with Crippen LogP contribution in [-0.4, -0.2) is 46.6 Å². The minimum atomic E-state index is -5.08. The van der Waals surface area contributed by atoms with Crippen LogP contribution in [0.3, 0.4) is 0 Å². The zero-order valence-corrected chi connectivity index (χ0v) is 11.1. The predicted molar refractivity (Wildman–Crippen MR) is 61.8 cm³/mol. The molecule has 0 saturated heterocycles. The molecule has 0 amide bonds. The van der Waals surface area contributed by atoms with Gasteiger partial charge in [0, 0.05) is 12.1 Å². The minimum absolute atomic E-state index is 0.281. The van der Waals surface area contributed by atoms with E-state index in [1.165, 1.54) is 12.8 Å². The number of alkyl halides is 6. The summed E-state index contributed by atoms with van der Waals surface area (Å²) < 4.78 is 63.5. The number of carbonyl (C=O) groups is 2. The molecular weight excluding hydrogens is 326 g/mol. The van der Waals surface area contributed by atoms with Crippen LogP contribution < -0.4 is 11.5 Å². The zero-order valence-electron chi connectivity index (χ0n) is 11.1. The van der Waals surface area contributed by atoms with Crippen LogP contribution in [0.15, 0.2) is 0 Å². The Morgan fingerprint density at radius 1 is 0.773 bits per heavy atom. The van der Waals surface area contributed by atoms with E-state index in [9.17, 15) is 26.3 Å². The van der Waals surface area contributed by atoms with E-state index in [1.807, 2.05) is 0 Å². The van der Waals surface area contributed by atoms with Crippen LogP contribution in [0.4, 0.5) is 26.3 Å². The molecule has 0 spiro atoms. The summed E-state index contributed by atoms with van der Waals surface area (Å²) in [5.74, 6) is -5.51. The van der Waals surface area contributed by atoms with Gasteiger partial charge >= 0.3 is 24.3 Å². The molecule has 12 heteroatoms. The fourth-order valence-corrected chi connectivity index (χ4v) is 1.19. The largest absolute Gasteiger partial charge is 0.490 e. The lowest BCUT2D eigenvalue weighted by Gasteiger charge is -2.24. The van der Waals surface area contributed by atoms with Crippen molar-refractivity contribution in [3.05, 3.63) is 0 Å². The van der Waals surface area contributed by atoms with Gasteiger partial charge in [0.05, 0.1) is 0 Å². The average Bonchev–Trinajstić information content (AvgIpc) is 2.32. The lowest BCUT2D eigenvalue weighted by atomic mass is 9.92. The van der Waals surface area contributed by atoms with Crippen molar-refractivity contribution in [1.82, 2.24) is 0 Å². The molecule has 0 aromatic carbocycles. The van der Waals surface area contributed by atoms with E-state index in [-0.39, 0.29) is 12.1 Å². The molecule has 6 nitrogen and oxygen atoms in total. The van der Waals surface area contributed by atoms with Crippen LogP contribution in [-0.2, 0) is 9.59 Å². The standard InChI is InChI=1S/C6H14N2.2C2HF3O2/c7-5-3-1-2-4-6(5)8;2*3-2(4,5)1(6)7/h5-6H,1-4,7-8H2;2*(H,6,7). The number of nitrogens with two attached hydrogens (primary N) is 2. The van der Waals surface area contributed by atoms with Crippen molar-refractivity contribution in [3.63, 3.8) is 0 Å². The Morgan fingerprint density at radius 3 is 1.05 bits per heavy atom. The summed E-state index contributed by atoms with van der Waals surface area (Å²) in [6, 6.07) is 0.562. The van der Waals surface area contributed by atoms with E-state index in [4.69, 9.17) is 31.3 Å². The quantitative estimate of drug-likeness (QED) is 0.494. The second kappa shape index (κ2) is 9.46. The van der Waals surface area contributed by atoms with Crippen LogP contribution in [0.5, 0.6) is 0 Å². The highest BCUT2D eigenvalue weighted by molar-refractivity contribution is 5.73. The molecule has 22 heavy (non-hydrogen) atoms. The zero-order chi connectivity index (χ0) is 18.1. The maximum Gasteiger partial charge on any atom is 0.490 e. The Balaban J connectivity index is 0. The van der Waals surface area contributed by atoms with Gasteiger partial charge in [-0.15, -0.1) is 0 Å². The summed E-state index contributed by atoms with van der Waals surface area (Å²) in [5.41, 5.74) is 11.3. The maximum atomic E-state index is 10.6. The van der Waals surface area contributed by atoms with E-state index >= 15 is 0 Å². The first-order valence-corrected chi connectivity index (χ1v) is 5.81. The Morgan fingerprint density at radius 2 is 0.955 bits per heavy atom. The van der Waals surface area contributed by atoms with Gasteiger partial charge in [0.15, 0.2) is 0 Å². The topological polar surface area (TPSA) is 127 Å². The van der Waals surface area contributed by atoms with Gasteiger partial charge in [-0.1, -0.05) is 12.8 Å². The van der Waals surface area contributed by atoms with Crippen molar-refractivity contribution in [1.29, 1.82) is 0 Å². The Hall–Kier alpha value is -1.56. The van der Waals surface area contributed by atoms with Crippen LogP contribution in [0.25, 0.3) is 0 Å². The summed E-state index contributed by atoms with van der Waals surface area (Å²) in [5, 5.41) is 14.2. The number of hydrogen-bond donors (Lipinski definition) is 4. The molecule has 1 aliphatic rings. The first-order chi connectivity index (χ1) is 9.69. The lowest BCUT2D eigenvalue weighted by molar-refractivity contribution is -0.193. The highest BCUT2D eigenvalue weighted by Gasteiger charge is 2.38. The third-order valence-corrected chi connectivity index (χ3v) is 2.36. The predicted octanol–water partition coefficient (Wildman–Crippen LogP) is 1.48. The molecule has 1 rings (SSSR count). The van der Waals surface area contributed by atoms with Gasteiger partial charge in [-0.3, -0.25) is 0 Å². The van der Waals surface area contributed by atoms with Crippen molar-refractivity contribution in [3.8, 4) is 0 Å². The van der Waals surface area contributed by atoms with Crippen molar-refractivity contribution < 1.29 is 46.1 Å². The first-order valence-electron chi connectivity index (χ1n) is 5.81. The summed E-state index contributed by atoms with van der Waals surface area (Å²) in [4.78, 5) is 17.8. The molecule has 0 aromatic rings. The third-order valence-electron chi connectivity index (χ3n) is 2.36. The third kappa shape index (κ3) is 12.2. The van der Waals surface area contributed by atoms with Crippen molar-refractivity contribution >= 4 is 11.9 Å². The van der Waals surface area contributed by atoms with Gasteiger partial charge in [0.1, 0.15) is 0 Å². The number of aliphatic carboxylic acids is 2. The molecule has 1 aliphatic carbocycles. The molecule has 2 unspecified atom stereocenters. The second-order valence-corrected chi connectivity index (χ2v) is 4.22. The molecule has 2 atom stereocenters. The van der Waals surface area contributed by atoms with Crippen LogP contribution in [0, 0.1) is 0 Å². The first kappa shape index (κ1) is 22.7. The normalized spacial score (nSPS) is 21.6. The van der Waals surface area contributed by atoms with Gasteiger partial charge < -0.3 is 21.7 Å². The highest BCUT2D eigenvalue weighted by Crippen LogP contribution is 2.14. The van der Waals surface area contributed by atoms with Crippen molar-refractivity contribution in [2.24, 2.45) is 11.5 Å². The summed E-state index contributed by atoms with van der Waals surface area (Å²) in [6.07, 6.45) is -5.37. The molecule has 0 aliphatic heterocycles. The molecular formula is C10H16F6N2O4. The monoisotopic (exact) mass is 342 g/mol. The second-order valence-electron chi connectivity index (χ2n) is 4.22. The number of rotatable bonds is 0. The number of hydrogen-bond acceptors (Lipinski definition) is 4. The van der Waals surface area contributed by atoms with E-state index in [0.29, 0.717) is 0 Å². The molecule has 0 radical (unpaired) electrons. The molecule has 132 valence electrons. The lowest BCUT2D eigenvalue weighted by Crippen LogP contribution is -2.43. The van der Waals surface area contributed by atoms with Crippen molar-refractivity contribution in [2.75, 3.05) is 0 Å². The Labute approximate surface area is 121 Å². The SMILES string of the molecule is NC1CCCCC1N.O=C(O)C(F)(F)F.O=C(O)C(F)(F)F. The van der Waals surface area contributed by atoms with E-state index in [2.05, 4.69) is 0 Å². The van der Waals surface area contributed by atoms with Crippen LogP contribution in [0.1, 0.15) is 25.7 Å². The van der Waals surface area contributed by atoms with Crippen molar-refractivity contribution in [2.45, 2.75) is 50.1 Å². The summed E-state index contributed by atoms with van der Waals surface area (Å²) >= 11 is 0. The van der Waals surface area contributed by atoms with Gasteiger partial charge in [-0.2, -0.15) is 26.3 Å². The minimum Gasteiger partial charge on any atom is -0.475 e. The van der Waals surface area contributed by atoms with Gasteiger partial charge in [0.2, 0.25) is 0 Å². The molecule has 0 heterocycles. The fourth-order valence-electron chi connectivity index (χ4n) is 1.19. The Bertz CT molecular complexity index is 324. The van der Waals surface area contributed by atoms with Crippen LogP contribution in [0.2, 0.25) is 0 Å². The van der Waals surface area contributed by atoms with E-state index < -0.39 is 24.3 Å². The van der Waals surface area contributed by atoms with Gasteiger partial charge in [0.25, 0.3) is 0 Å². The summed E-state index contributed by atoms with van der Waals surface area (Å²) in [6.45, 7) is 0. The van der Waals surface area contributed by atoms with E-state index in [1.54, 1.807) is 0 Å². The molecule has 1 fully saturated rings. The highest BCUT2D eigenvalue weighted by atomic mass is 19.4.